The molecule has 2 rings (SSSR count). The molecule has 1 N–H and O–H groups in total. The molecule has 0 bridgehead atoms. The smallest absolute Gasteiger partial charge is 0.274 e. The molecular formula is C14H15N3O2. The van der Waals surface area contributed by atoms with E-state index in [1.54, 1.807) is 38.6 Å². The topological polar surface area (TPSA) is 56.2 Å². The second-order valence-electron chi connectivity index (χ2n) is 3.96. The third kappa shape index (κ3) is 2.65. The summed E-state index contributed by atoms with van der Waals surface area (Å²) in [6.45, 7) is 3.67. The first-order valence-electron chi connectivity index (χ1n) is 5.75. The van der Waals surface area contributed by atoms with Crippen LogP contribution < -0.4 is 10.1 Å². The fourth-order valence-corrected chi connectivity index (χ4v) is 1.77. The van der Waals surface area contributed by atoms with E-state index in [1.807, 2.05) is 12.1 Å². The fraction of sp³-hybridized carbons (Fsp3) is 0.143. The van der Waals surface area contributed by atoms with E-state index in [0.717, 1.165) is 0 Å². The number of hydrogen-bond acceptors (Lipinski definition) is 3. The number of rotatable bonds is 4. The molecule has 0 aliphatic carbocycles. The van der Waals surface area contributed by atoms with Crippen LogP contribution in [-0.4, -0.2) is 22.8 Å². The second-order valence-corrected chi connectivity index (χ2v) is 3.96. The first kappa shape index (κ1) is 12.9. The molecule has 1 aromatic heterocycles. The lowest BCUT2D eigenvalue weighted by Gasteiger charge is -2.08. The Kier molecular flexibility index (Phi) is 3.66. The third-order valence-corrected chi connectivity index (χ3v) is 2.73. The molecule has 0 spiro atoms. The number of nitrogens with one attached hydrogen (secondary N) is 1. The average Bonchev–Trinajstić information content (AvgIpc) is 2.80. The van der Waals surface area contributed by atoms with E-state index < -0.39 is 0 Å². The quantitative estimate of drug-likeness (QED) is 0.914. The van der Waals surface area contributed by atoms with E-state index in [2.05, 4.69) is 17.0 Å². The Balaban J connectivity index is 2.25. The van der Waals surface area contributed by atoms with Crippen molar-refractivity contribution in [3.05, 3.63) is 48.3 Å². The molecule has 1 aromatic carbocycles. The number of anilines is 1. The van der Waals surface area contributed by atoms with Gasteiger partial charge < -0.3 is 10.1 Å². The highest BCUT2D eigenvalue weighted by atomic mass is 16.5. The average molecular weight is 257 g/mol. The highest BCUT2D eigenvalue weighted by Gasteiger charge is 2.15. The Bertz CT molecular complexity index is 617. The molecule has 0 unspecified atom stereocenters. The number of hydrogen-bond donors (Lipinski definition) is 1. The van der Waals surface area contributed by atoms with Crippen LogP contribution in [0.3, 0.4) is 0 Å². The molecular weight excluding hydrogens is 242 g/mol. The van der Waals surface area contributed by atoms with Gasteiger partial charge in [-0.3, -0.25) is 9.48 Å². The van der Waals surface area contributed by atoms with Crippen LogP contribution in [0.4, 0.5) is 5.69 Å². The largest absolute Gasteiger partial charge is 0.497 e. The Labute approximate surface area is 111 Å². The molecule has 1 amide bonds. The number of aromatic nitrogens is 2. The van der Waals surface area contributed by atoms with Gasteiger partial charge in [-0.25, -0.2) is 0 Å². The van der Waals surface area contributed by atoms with Crippen LogP contribution in [0, 0.1) is 0 Å². The van der Waals surface area contributed by atoms with Crippen molar-refractivity contribution in [2.24, 2.45) is 7.05 Å². The molecule has 0 atom stereocenters. The van der Waals surface area contributed by atoms with Gasteiger partial charge in [-0.15, -0.1) is 0 Å². The molecule has 0 aliphatic heterocycles. The summed E-state index contributed by atoms with van der Waals surface area (Å²) in [5.41, 5.74) is 1.83. The molecule has 0 radical (unpaired) electrons. The lowest BCUT2D eigenvalue weighted by Crippen LogP contribution is -2.17. The van der Waals surface area contributed by atoms with Crippen molar-refractivity contribution < 1.29 is 9.53 Å². The molecule has 98 valence electrons. The summed E-state index contributed by atoms with van der Waals surface area (Å²) in [7, 11) is 3.30. The third-order valence-electron chi connectivity index (χ3n) is 2.73. The number of aryl methyl sites for hydroxylation is 1. The molecule has 1 heterocycles. The lowest BCUT2D eigenvalue weighted by molar-refractivity contribution is 0.101. The molecule has 5 heteroatoms. The van der Waals surface area contributed by atoms with Crippen molar-refractivity contribution in [2.75, 3.05) is 12.4 Å². The van der Waals surface area contributed by atoms with Gasteiger partial charge in [-0.05, 0) is 12.1 Å². The van der Waals surface area contributed by atoms with Crippen LogP contribution in [0.5, 0.6) is 5.75 Å². The monoisotopic (exact) mass is 257 g/mol. The zero-order valence-corrected chi connectivity index (χ0v) is 10.9. The van der Waals surface area contributed by atoms with Crippen LogP contribution in [0.1, 0.15) is 16.1 Å². The van der Waals surface area contributed by atoms with Crippen LogP contribution in [0.25, 0.3) is 6.08 Å². The maximum absolute atomic E-state index is 12.2. The van der Waals surface area contributed by atoms with E-state index in [4.69, 9.17) is 4.74 Å². The van der Waals surface area contributed by atoms with Crippen molar-refractivity contribution in [3.8, 4) is 5.75 Å². The summed E-state index contributed by atoms with van der Waals surface area (Å²) in [6.07, 6.45) is 3.21. The summed E-state index contributed by atoms with van der Waals surface area (Å²) in [5, 5.41) is 6.85. The van der Waals surface area contributed by atoms with Gasteiger partial charge in [0.15, 0.2) is 0 Å². The summed E-state index contributed by atoms with van der Waals surface area (Å²) < 4.78 is 6.63. The SMILES string of the molecule is C=Cc1cnn(C)c1C(=O)Nc1cccc(OC)c1. The first-order chi connectivity index (χ1) is 9.15. The van der Waals surface area contributed by atoms with Crippen molar-refractivity contribution in [2.45, 2.75) is 0 Å². The Morgan fingerprint density at radius 2 is 2.32 bits per heavy atom. The van der Waals surface area contributed by atoms with E-state index in [1.165, 1.54) is 4.68 Å². The van der Waals surface area contributed by atoms with Crippen LogP contribution in [0.15, 0.2) is 37.0 Å². The highest BCUT2D eigenvalue weighted by Crippen LogP contribution is 2.18. The molecule has 0 aliphatic rings. The number of methoxy groups -OCH3 is 1. The van der Waals surface area contributed by atoms with Gasteiger partial charge in [-0.1, -0.05) is 18.7 Å². The van der Waals surface area contributed by atoms with E-state index in [9.17, 15) is 4.79 Å². The first-order valence-corrected chi connectivity index (χ1v) is 5.75. The molecule has 5 nitrogen and oxygen atoms in total. The van der Waals surface area contributed by atoms with Crippen LogP contribution in [0.2, 0.25) is 0 Å². The minimum Gasteiger partial charge on any atom is -0.497 e. The Morgan fingerprint density at radius 1 is 1.53 bits per heavy atom. The number of nitrogens with zero attached hydrogens (tertiary/aromatic N) is 2. The van der Waals surface area contributed by atoms with Crippen LogP contribution >= 0.6 is 0 Å². The van der Waals surface area contributed by atoms with Crippen molar-refractivity contribution in [1.82, 2.24) is 9.78 Å². The van der Waals surface area contributed by atoms with Gasteiger partial charge in [0.1, 0.15) is 11.4 Å². The zero-order chi connectivity index (χ0) is 13.8. The Morgan fingerprint density at radius 3 is 3.00 bits per heavy atom. The van der Waals surface area contributed by atoms with Gasteiger partial charge in [-0.2, -0.15) is 5.10 Å². The number of ether oxygens (including phenoxy) is 1. The van der Waals surface area contributed by atoms with E-state index in [-0.39, 0.29) is 5.91 Å². The second kappa shape index (κ2) is 5.39. The number of carbonyl (C=O) groups excluding carboxylic acids is 1. The number of benzene rings is 1. The lowest BCUT2D eigenvalue weighted by atomic mass is 10.2. The molecule has 0 fully saturated rings. The van der Waals surface area contributed by atoms with E-state index >= 15 is 0 Å². The van der Waals surface area contributed by atoms with Gasteiger partial charge in [0.05, 0.1) is 13.3 Å². The summed E-state index contributed by atoms with van der Waals surface area (Å²) >= 11 is 0. The van der Waals surface area contributed by atoms with Crippen LogP contribution in [-0.2, 0) is 7.05 Å². The Hall–Kier alpha value is -2.56. The minimum absolute atomic E-state index is 0.233. The molecule has 19 heavy (non-hydrogen) atoms. The van der Waals surface area contributed by atoms with Gasteiger partial charge in [0, 0.05) is 24.4 Å². The summed E-state index contributed by atoms with van der Waals surface area (Å²) in [5.74, 6) is 0.454. The highest BCUT2D eigenvalue weighted by molar-refractivity contribution is 6.05. The standard InChI is InChI=1S/C14H15N3O2/c1-4-10-9-15-17(2)13(10)14(18)16-11-6-5-7-12(8-11)19-3/h4-9H,1H2,2-3H3,(H,16,18). The predicted molar refractivity (Wildman–Crippen MR) is 74.2 cm³/mol. The summed E-state index contributed by atoms with van der Waals surface area (Å²) in [6, 6.07) is 7.17. The maximum atomic E-state index is 12.2. The van der Waals surface area contributed by atoms with E-state index in [0.29, 0.717) is 22.7 Å². The number of amides is 1. The predicted octanol–water partition coefficient (Wildman–Crippen LogP) is 2.32. The van der Waals surface area contributed by atoms with Crippen molar-refractivity contribution >= 4 is 17.7 Å². The molecule has 0 saturated carbocycles. The van der Waals surface area contributed by atoms with Gasteiger partial charge in [0.2, 0.25) is 0 Å². The fourth-order valence-electron chi connectivity index (χ4n) is 1.77. The minimum atomic E-state index is -0.233. The zero-order valence-electron chi connectivity index (χ0n) is 10.9. The van der Waals surface area contributed by atoms with Crippen molar-refractivity contribution in [1.29, 1.82) is 0 Å². The van der Waals surface area contributed by atoms with Gasteiger partial charge >= 0.3 is 0 Å². The molecule has 0 saturated heterocycles. The molecule has 2 aromatic rings. The maximum Gasteiger partial charge on any atom is 0.274 e. The summed E-state index contributed by atoms with van der Waals surface area (Å²) in [4.78, 5) is 12.2. The normalized spacial score (nSPS) is 10.0. The van der Waals surface area contributed by atoms with Crippen molar-refractivity contribution in [3.63, 3.8) is 0 Å². The number of carbonyl (C=O) groups is 1. The van der Waals surface area contributed by atoms with Gasteiger partial charge in [0.25, 0.3) is 5.91 Å².